The lowest BCUT2D eigenvalue weighted by Gasteiger charge is -2.25. The fourth-order valence-electron chi connectivity index (χ4n) is 3.55. The van der Waals surface area contributed by atoms with Gasteiger partial charge in [0, 0.05) is 36.9 Å². The van der Waals surface area contributed by atoms with Crippen LogP contribution in [0.25, 0.3) is 5.76 Å². The van der Waals surface area contributed by atoms with Gasteiger partial charge in [-0.3, -0.25) is 19.6 Å². The highest BCUT2D eigenvalue weighted by molar-refractivity contribution is 6.46. The number of aliphatic hydroxyl groups is 1. The number of hydrogen-bond acceptors (Lipinski definition) is 6. The Morgan fingerprint density at radius 1 is 1.03 bits per heavy atom. The average Bonchev–Trinajstić information content (AvgIpc) is 3.05. The van der Waals surface area contributed by atoms with Gasteiger partial charge in [0.15, 0.2) is 0 Å². The van der Waals surface area contributed by atoms with Crippen LogP contribution in [0, 0.1) is 0 Å². The highest BCUT2D eigenvalue weighted by atomic mass is 16.5. The molecule has 1 unspecified atom stereocenters. The Morgan fingerprint density at radius 2 is 1.70 bits per heavy atom. The molecule has 7 nitrogen and oxygen atoms in total. The number of amides is 1. The molecule has 2 aromatic heterocycles. The van der Waals surface area contributed by atoms with Gasteiger partial charge >= 0.3 is 0 Å². The molecule has 0 bridgehead atoms. The first-order valence-corrected chi connectivity index (χ1v) is 9.32. The SMILES string of the molecule is COc1cccc(C2/C(=C(/O)c3ccncc3)C(=O)C(=O)N2Cc2ccncc2)c1. The van der Waals surface area contributed by atoms with Crippen LogP contribution in [0.4, 0.5) is 0 Å². The Hall–Kier alpha value is -4.00. The third-order valence-corrected chi connectivity index (χ3v) is 5.01. The normalized spacial score (nSPS) is 17.9. The zero-order chi connectivity index (χ0) is 21.1. The van der Waals surface area contributed by atoms with Crippen molar-refractivity contribution < 1.29 is 19.4 Å². The maximum absolute atomic E-state index is 13.0. The Labute approximate surface area is 173 Å². The van der Waals surface area contributed by atoms with Gasteiger partial charge in [-0.15, -0.1) is 0 Å². The summed E-state index contributed by atoms with van der Waals surface area (Å²) in [6, 6.07) is 13.1. The van der Waals surface area contributed by atoms with Crippen molar-refractivity contribution in [2.45, 2.75) is 12.6 Å². The van der Waals surface area contributed by atoms with E-state index in [9.17, 15) is 14.7 Å². The highest BCUT2D eigenvalue weighted by Gasteiger charge is 2.46. The lowest BCUT2D eigenvalue weighted by Crippen LogP contribution is -2.29. The molecule has 3 heterocycles. The standard InChI is InChI=1S/C23H19N3O4/c1-30-18-4-2-3-17(13-18)20-19(21(27)16-7-11-25-12-8-16)22(28)23(29)26(20)14-15-5-9-24-10-6-15/h2-13,20,27H,14H2,1H3/b21-19-. The van der Waals surface area contributed by atoms with E-state index in [4.69, 9.17) is 4.74 Å². The van der Waals surface area contributed by atoms with Gasteiger partial charge in [-0.25, -0.2) is 0 Å². The molecular weight excluding hydrogens is 382 g/mol. The first kappa shape index (κ1) is 19.3. The van der Waals surface area contributed by atoms with Crippen molar-refractivity contribution in [3.8, 4) is 5.75 Å². The molecular formula is C23H19N3O4. The number of likely N-dealkylation sites (tertiary alicyclic amines) is 1. The maximum Gasteiger partial charge on any atom is 0.295 e. The van der Waals surface area contributed by atoms with Crippen molar-refractivity contribution in [2.75, 3.05) is 7.11 Å². The van der Waals surface area contributed by atoms with Gasteiger partial charge in [0.2, 0.25) is 0 Å². The van der Waals surface area contributed by atoms with E-state index in [-0.39, 0.29) is 17.9 Å². The second-order valence-electron chi connectivity index (χ2n) is 6.79. The van der Waals surface area contributed by atoms with Crippen LogP contribution in [0.1, 0.15) is 22.7 Å². The molecule has 4 rings (SSSR count). The molecule has 0 aliphatic carbocycles. The molecule has 1 amide bonds. The summed E-state index contributed by atoms with van der Waals surface area (Å²) in [4.78, 5) is 35.3. The molecule has 7 heteroatoms. The fourth-order valence-corrected chi connectivity index (χ4v) is 3.55. The number of pyridine rings is 2. The monoisotopic (exact) mass is 401 g/mol. The third-order valence-electron chi connectivity index (χ3n) is 5.01. The summed E-state index contributed by atoms with van der Waals surface area (Å²) in [7, 11) is 1.55. The van der Waals surface area contributed by atoms with Crippen LogP contribution >= 0.6 is 0 Å². The van der Waals surface area contributed by atoms with E-state index in [0.717, 1.165) is 5.56 Å². The largest absolute Gasteiger partial charge is 0.507 e. The van der Waals surface area contributed by atoms with Crippen LogP contribution in [0.15, 0.2) is 78.9 Å². The number of benzene rings is 1. The Bertz CT molecular complexity index is 1110. The first-order chi connectivity index (χ1) is 14.6. The summed E-state index contributed by atoms with van der Waals surface area (Å²) in [5.74, 6) is -1.05. The van der Waals surface area contributed by atoms with Crippen LogP contribution in [0.5, 0.6) is 5.75 Å². The number of hydrogen-bond donors (Lipinski definition) is 1. The summed E-state index contributed by atoms with van der Waals surface area (Å²) < 4.78 is 5.32. The molecule has 150 valence electrons. The maximum atomic E-state index is 13.0. The predicted molar refractivity (Wildman–Crippen MR) is 109 cm³/mol. The van der Waals surface area contributed by atoms with E-state index < -0.39 is 17.7 Å². The van der Waals surface area contributed by atoms with Crippen LogP contribution < -0.4 is 4.74 Å². The number of methoxy groups -OCH3 is 1. The topological polar surface area (TPSA) is 92.6 Å². The highest BCUT2D eigenvalue weighted by Crippen LogP contribution is 2.40. The number of carbonyl (C=O) groups excluding carboxylic acids is 2. The van der Waals surface area contributed by atoms with Gasteiger partial charge in [0.1, 0.15) is 11.5 Å². The van der Waals surface area contributed by atoms with E-state index in [1.165, 1.54) is 17.3 Å². The summed E-state index contributed by atoms with van der Waals surface area (Å²) >= 11 is 0. The predicted octanol–water partition coefficient (Wildman–Crippen LogP) is 3.11. The molecule has 1 aliphatic rings. The third kappa shape index (κ3) is 3.53. The minimum absolute atomic E-state index is 0.0357. The minimum atomic E-state index is -0.763. The quantitative estimate of drug-likeness (QED) is 0.401. The van der Waals surface area contributed by atoms with Gasteiger partial charge < -0.3 is 14.7 Å². The lowest BCUT2D eigenvalue weighted by molar-refractivity contribution is -0.140. The van der Waals surface area contributed by atoms with Crippen molar-refractivity contribution in [1.82, 2.24) is 14.9 Å². The smallest absolute Gasteiger partial charge is 0.295 e. The van der Waals surface area contributed by atoms with E-state index in [1.807, 2.05) is 0 Å². The van der Waals surface area contributed by atoms with E-state index in [0.29, 0.717) is 16.9 Å². The molecule has 0 spiro atoms. The molecule has 1 fully saturated rings. The van der Waals surface area contributed by atoms with Gasteiger partial charge in [-0.2, -0.15) is 0 Å². The van der Waals surface area contributed by atoms with Crippen LogP contribution in [0.3, 0.4) is 0 Å². The minimum Gasteiger partial charge on any atom is -0.507 e. The molecule has 1 aromatic carbocycles. The molecule has 0 radical (unpaired) electrons. The molecule has 30 heavy (non-hydrogen) atoms. The molecule has 1 aliphatic heterocycles. The second-order valence-corrected chi connectivity index (χ2v) is 6.79. The Balaban J connectivity index is 1.87. The van der Waals surface area contributed by atoms with Gasteiger partial charge in [0.25, 0.3) is 11.7 Å². The zero-order valence-corrected chi connectivity index (χ0v) is 16.2. The van der Waals surface area contributed by atoms with Gasteiger partial charge in [0.05, 0.1) is 18.7 Å². The summed E-state index contributed by atoms with van der Waals surface area (Å²) in [6.45, 7) is 0.197. The Morgan fingerprint density at radius 3 is 2.37 bits per heavy atom. The molecule has 1 N–H and O–H groups in total. The summed E-state index contributed by atoms with van der Waals surface area (Å²) in [5, 5.41) is 11.0. The van der Waals surface area contributed by atoms with Crippen molar-refractivity contribution in [3.05, 3.63) is 95.6 Å². The van der Waals surface area contributed by atoms with Crippen LogP contribution in [-0.4, -0.2) is 38.8 Å². The molecule has 1 atom stereocenters. The van der Waals surface area contributed by atoms with E-state index in [1.54, 1.807) is 68.0 Å². The summed E-state index contributed by atoms with van der Waals surface area (Å²) in [5.41, 5.74) is 1.94. The second kappa shape index (κ2) is 8.16. The molecule has 3 aromatic rings. The lowest BCUT2D eigenvalue weighted by atomic mass is 9.95. The van der Waals surface area contributed by atoms with Gasteiger partial charge in [-0.1, -0.05) is 12.1 Å². The Kier molecular flexibility index (Phi) is 5.26. The van der Waals surface area contributed by atoms with Crippen LogP contribution in [-0.2, 0) is 16.1 Å². The fraction of sp³-hybridized carbons (Fsp3) is 0.130. The van der Waals surface area contributed by atoms with Crippen molar-refractivity contribution in [1.29, 1.82) is 0 Å². The number of aromatic nitrogens is 2. The number of ether oxygens (including phenoxy) is 1. The number of Topliss-reactive ketones (excluding diaryl/α,β-unsaturated/α-hetero) is 1. The number of rotatable bonds is 5. The zero-order valence-electron chi connectivity index (χ0n) is 16.2. The first-order valence-electron chi connectivity index (χ1n) is 9.32. The number of carbonyl (C=O) groups is 2. The van der Waals surface area contributed by atoms with Crippen LogP contribution in [0.2, 0.25) is 0 Å². The van der Waals surface area contributed by atoms with Crippen molar-refractivity contribution in [3.63, 3.8) is 0 Å². The summed E-state index contributed by atoms with van der Waals surface area (Å²) in [6.07, 6.45) is 6.29. The number of ketones is 1. The molecule has 1 saturated heterocycles. The van der Waals surface area contributed by atoms with Crippen molar-refractivity contribution >= 4 is 17.4 Å². The van der Waals surface area contributed by atoms with Crippen molar-refractivity contribution in [2.24, 2.45) is 0 Å². The number of aliphatic hydroxyl groups excluding tert-OH is 1. The van der Waals surface area contributed by atoms with E-state index in [2.05, 4.69) is 9.97 Å². The van der Waals surface area contributed by atoms with E-state index >= 15 is 0 Å². The van der Waals surface area contributed by atoms with Gasteiger partial charge in [-0.05, 0) is 47.5 Å². The number of nitrogens with zero attached hydrogens (tertiary/aromatic N) is 3. The average molecular weight is 401 g/mol. The molecule has 0 saturated carbocycles.